The van der Waals surface area contributed by atoms with Crippen molar-refractivity contribution in [1.29, 1.82) is 0 Å². The number of piperidine rings is 1. The van der Waals surface area contributed by atoms with Gasteiger partial charge in [-0.05, 0) is 57.9 Å². The van der Waals surface area contributed by atoms with Crippen LogP contribution in [0.2, 0.25) is 0 Å². The fourth-order valence-corrected chi connectivity index (χ4v) is 3.99. The number of benzene rings is 1. The Bertz CT molecular complexity index is 578. The predicted molar refractivity (Wildman–Crippen MR) is 103 cm³/mol. The Hall–Kier alpha value is -1.59. The van der Waals surface area contributed by atoms with Crippen LogP contribution in [0, 0.1) is 0 Å². The lowest BCUT2D eigenvalue weighted by atomic mass is 9.98. The van der Waals surface area contributed by atoms with Crippen LogP contribution in [0.15, 0.2) is 24.3 Å². The second-order valence-electron chi connectivity index (χ2n) is 7.80. The van der Waals surface area contributed by atoms with E-state index in [2.05, 4.69) is 42.7 Å². The molecule has 2 heterocycles. The molecule has 0 saturated carbocycles. The summed E-state index contributed by atoms with van der Waals surface area (Å²) in [4.78, 5) is 19.7. The van der Waals surface area contributed by atoms with E-state index in [0.717, 1.165) is 51.1 Å². The van der Waals surface area contributed by atoms with Crippen LogP contribution in [-0.2, 0) is 0 Å². The third kappa shape index (κ3) is 4.15. The van der Waals surface area contributed by atoms with Crippen LogP contribution in [0.4, 0.5) is 5.69 Å². The fourth-order valence-electron chi connectivity index (χ4n) is 3.99. The number of carbonyl (C=O) groups is 1. The van der Waals surface area contributed by atoms with E-state index in [4.69, 9.17) is 5.73 Å². The first kappa shape index (κ1) is 18.2. The molecule has 0 aromatic heterocycles. The summed E-state index contributed by atoms with van der Waals surface area (Å²) in [6.07, 6.45) is 1.79. The standard InChI is InChI=1S/C20H32N4O/c1-15(2)22-10-12-23(13-11-22)19-6-4-17(5-7-19)20(25)24-9-8-18(21)14-16(24)3/h4-7,15-16,18H,8-14,21H2,1-3H3. The summed E-state index contributed by atoms with van der Waals surface area (Å²) in [5.74, 6) is 0.135. The maximum Gasteiger partial charge on any atom is 0.254 e. The molecule has 1 amide bonds. The monoisotopic (exact) mass is 344 g/mol. The molecule has 138 valence electrons. The van der Waals surface area contributed by atoms with E-state index >= 15 is 0 Å². The number of amides is 1. The molecular formula is C20H32N4O. The highest BCUT2D eigenvalue weighted by Gasteiger charge is 2.27. The summed E-state index contributed by atoms with van der Waals surface area (Å²) in [5, 5.41) is 0. The second kappa shape index (κ2) is 7.75. The maximum atomic E-state index is 12.8. The number of rotatable bonds is 3. The van der Waals surface area contributed by atoms with Gasteiger partial charge in [-0.25, -0.2) is 0 Å². The predicted octanol–water partition coefficient (Wildman–Crippen LogP) is 2.17. The number of nitrogens with two attached hydrogens (primary N) is 1. The summed E-state index contributed by atoms with van der Waals surface area (Å²) in [6.45, 7) is 11.7. The molecule has 1 aromatic carbocycles. The smallest absolute Gasteiger partial charge is 0.254 e. The van der Waals surface area contributed by atoms with Crippen molar-refractivity contribution in [1.82, 2.24) is 9.80 Å². The van der Waals surface area contributed by atoms with E-state index in [1.165, 1.54) is 5.69 Å². The molecule has 2 unspecified atom stereocenters. The highest BCUT2D eigenvalue weighted by atomic mass is 16.2. The van der Waals surface area contributed by atoms with Crippen LogP contribution >= 0.6 is 0 Å². The van der Waals surface area contributed by atoms with Gasteiger partial charge >= 0.3 is 0 Å². The molecule has 2 saturated heterocycles. The largest absolute Gasteiger partial charge is 0.369 e. The van der Waals surface area contributed by atoms with Crippen molar-refractivity contribution in [3.05, 3.63) is 29.8 Å². The highest BCUT2D eigenvalue weighted by molar-refractivity contribution is 5.94. The van der Waals surface area contributed by atoms with E-state index in [1.54, 1.807) is 0 Å². The van der Waals surface area contributed by atoms with E-state index in [9.17, 15) is 4.79 Å². The number of hydrogen-bond acceptors (Lipinski definition) is 4. The normalized spacial score (nSPS) is 25.5. The number of hydrogen-bond donors (Lipinski definition) is 1. The summed E-state index contributed by atoms with van der Waals surface area (Å²) in [6, 6.07) is 9.21. The molecule has 2 aliphatic rings. The average molecular weight is 345 g/mol. The molecule has 0 aliphatic carbocycles. The van der Waals surface area contributed by atoms with Crippen molar-refractivity contribution in [2.24, 2.45) is 5.73 Å². The van der Waals surface area contributed by atoms with Gasteiger partial charge in [-0.3, -0.25) is 9.69 Å². The highest BCUT2D eigenvalue weighted by Crippen LogP contribution is 2.22. The van der Waals surface area contributed by atoms with Gasteiger partial charge in [-0.2, -0.15) is 0 Å². The van der Waals surface area contributed by atoms with Crippen LogP contribution < -0.4 is 10.6 Å². The lowest BCUT2D eigenvalue weighted by Crippen LogP contribution is -2.49. The molecule has 2 atom stereocenters. The molecule has 1 aromatic rings. The lowest BCUT2D eigenvalue weighted by molar-refractivity contribution is 0.0619. The van der Waals surface area contributed by atoms with E-state index in [0.29, 0.717) is 6.04 Å². The van der Waals surface area contributed by atoms with E-state index in [1.807, 2.05) is 17.0 Å². The zero-order valence-electron chi connectivity index (χ0n) is 15.8. The molecule has 0 spiro atoms. The van der Waals surface area contributed by atoms with E-state index < -0.39 is 0 Å². The molecular weight excluding hydrogens is 312 g/mol. The summed E-state index contributed by atoms with van der Waals surface area (Å²) < 4.78 is 0. The molecule has 2 fully saturated rings. The molecule has 0 radical (unpaired) electrons. The Morgan fingerprint density at radius 3 is 2.28 bits per heavy atom. The van der Waals surface area contributed by atoms with Crippen LogP contribution in [0.1, 0.15) is 44.0 Å². The second-order valence-corrected chi connectivity index (χ2v) is 7.80. The first-order valence-electron chi connectivity index (χ1n) is 9.61. The molecule has 2 aliphatic heterocycles. The first-order valence-corrected chi connectivity index (χ1v) is 9.61. The van der Waals surface area contributed by atoms with Gasteiger partial charge in [0.05, 0.1) is 0 Å². The Morgan fingerprint density at radius 2 is 1.72 bits per heavy atom. The number of piperazine rings is 1. The van der Waals surface area contributed by atoms with Gasteiger partial charge in [-0.1, -0.05) is 0 Å². The van der Waals surface area contributed by atoms with Gasteiger partial charge in [0.15, 0.2) is 0 Å². The molecule has 5 nitrogen and oxygen atoms in total. The molecule has 25 heavy (non-hydrogen) atoms. The van der Waals surface area contributed by atoms with Gasteiger partial charge in [0.1, 0.15) is 0 Å². The summed E-state index contributed by atoms with van der Waals surface area (Å²) in [5.41, 5.74) is 8.01. The SMILES string of the molecule is CC(C)N1CCN(c2ccc(C(=O)N3CCC(N)CC3C)cc2)CC1. The van der Waals surface area contributed by atoms with Crippen LogP contribution in [0.5, 0.6) is 0 Å². The van der Waals surface area contributed by atoms with Gasteiger partial charge in [0.2, 0.25) is 0 Å². The molecule has 2 N–H and O–H groups in total. The molecule has 3 rings (SSSR count). The van der Waals surface area contributed by atoms with Crippen molar-refractivity contribution < 1.29 is 4.79 Å². The number of carbonyl (C=O) groups excluding carboxylic acids is 1. The zero-order chi connectivity index (χ0) is 18.0. The maximum absolute atomic E-state index is 12.8. The lowest BCUT2D eigenvalue weighted by Gasteiger charge is -2.38. The van der Waals surface area contributed by atoms with Crippen LogP contribution in [-0.4, -0.2) is 66.6 Å². The minimum absolute atomic E-state index is 0.135. The zero-order valence-corrected chi connectivity index (χ0v) is 15.8. The summed E-state index contributed by atoms with van der Waals surface area (Å²) >= 11 is 0. The van der Waals surface area contributed by atoms with Gasteiger partial charge in [0, 0.05) is 62.1 Å². The van der Waals surface area contributed by atoms with Crippen LogP contribution in [0.3, 0.4) is 0 Å². The minimum atomic E-state index is 0.135. The Labute approximate surface area is 151 Å². The Kier molecular flexibility index (Phi) is 5.64. The third-order valence-electron chi connectivity index (χ3n) is 5.70. The number of likely N-dealkylation sites (tertiary alicyclic amines) is 1. The van der Waals surface area contributed by atoms with Gasteiger partial charge in [0.25, 0.3) is 5.91 Å². The topological polar surface area (TPSA) is 52.8 Å². The van der Waals surface area contributed by atoms with E-state index in [-0.39, 0.29) is 18.0 Å². The third-order valence-corrected chi connectivity index (χ3v) is 5.70. The summed E-state index contributed by atoms with van der Waals surface area (Å²) in [7, 11) is 0. The number of nitrogens with zero attached hydrogens (tertiary/aromatic N) is 3. The Morgan fingerprint density at radius 1 is 1.08 bits per heavy atom. The molecule has 5 heteroatoms. The van der Waals surface area contributed by atoms with Crippen LogP contribution in [0.25, 0.3) is 0 Å². The van der Waals surface area contributed by atoms with Crippen molar-refractivity contribution in [3.8, 4) is 0 Å². The van der Waals surface area contributed by atoms with Crippen molar-refractivity contribution in [2.45, 2.75) is 51.7 Å². The quantitative estimate of drug-likeness (QED) is 0.913. The fraction of sp³-hybridized carbons (Fsp3) is 0.650. The van der Waals surface area contributed by atoms with Crippen molar-refractivity contribution in [2.75, 3.05) is 37.6 Å². The van der Waals surface area contributed by atoms with Gasteiger partial charge < -0.3 is 15.5 Å². The number of anilines is 1. The van der Waals surface area contributed by atoms with Crippen molar-refractivity contribution >= 4 is 11.6 Å². The Balaban J connectivity index is 1.61. The minimum Gasteiger partial charge on any atom is -0.369 e. The average Bonchev–Trinajstić information content (AvgIpc) is 2.61. The molecule has 0 bridgehead atoms. The van der Waals surface area contributed by atoms with Crippen molar-refractivity contribution in [3.63, 3.8) is 0 Å². The van der Waals surface area contributed by atoms with Gasteiger partial charge in [-0.15, -0.1) is 0 Å². The first-order chi connectivity index (χ1) is 12.0.